The van der Waals surface area contributed by atoms with Crippen molar-refractivity contribution in [2.45, 2.75) is 32.7 Å². The number of rotatable bonds is 6. The summed E-state index contributed by atoms with van der Waals surface area (Å²) < 4.78 is 0. The third kappa shape index (κ3) is 3.76. The highest BCUT2D eigenvalue weighted by molar-refractivity contribution is 7.11. The van der Waals surface area contributed by atoms with E-state index in [2.05, 4.69) is 37.4 Å². The fraction of sp³-hybridized carbons (Fsp3) is 0.375. The van der Waals surface area contributed by atoms with E-state index in [1.807, 2.05) is 23.5 Å². The standard InChI is InChI=1S/C16H19Cl2NS/c1-3-11-8-9-12(20-11)10-15(19-4-2)13-6-5-7-14(17)16(13)18/h5-9,15,19H,3-4,10H2,1-2H3. The molecule has 1 heterocycles. The summed E-state index contributed by atoms with van der Waals surface area (Å²) in [5, 5.41) is 4.78. The fourth-order valence-corrected chi connectivity index (χ4v) is 3.69. The molecule has 2 aromatic rings. The van der Waals surface area contributed by atoms with Crippen LogP contribution in [0, 0.1) is 0 Å². The molecule has 0 spiro atoms. The first-order valence-corrected chi connectivity index (χ1v) is 8.47. The van der Waals surface area contributed by atoms with Crippen LogP contribution in [0.15, 0.2) is 30.3 Å². The molecule has 0 aliphatic rings. The van der Waals surface area contributed by atoms with Gasteiger partial charge in [-0.25, -0.2) is 0 Å². The second kappa shape index (κ2) is 7.46. The minimum absolute atomic E-state index is 0.203. The van der Waals surface area contributed by atoms with Crippen LogP contribution in [0.5, 0.6) is 0 Å². The van der Waals surface area contributed by atoms with Gasteiger partial charge in [0.2, 0.25) is 0 Å². The molecule has 108 valence electrons. The zero-order valence-electron chi connectivity index (χ0n) is 11.7. The van der Waals surface area contributed by atoms with Gasteiger partial charge in [-0.1, -0.05) is 49.2 Å². The summed E-state index contributed by atoms with van der Waals surface area (Å²) in [6.07, 6.45) is 2.03. The SMILES string of the molecule is CCNC(Cc1ccc(CC)s1)c1cccc(Cl)c1Cl. The molecule has 1 aromatic heterocycles. The van der Waals surface area contributed by atoms with Gasteiger partial charge in [0.05, 0.1) is 10.0 Å². The van der Waals surface area contributed by atoms with Crippen LogP contribution in [-0.2, 0) is 12.8 Å². The summed E-state index contributed by atoms with van der Waals surface area (Å²) >= 11 is 14.4. The quantitative estimate of drug-likeness (QED) is 0.737. The Kier molecular flexibility index (Phi) is 5.91. The second-order valence-electron chi connectivity index (χ2n) is 4.68. The molecule has 20 heavy (non-hydrogen) atoms. The van der Waals surface area contributed by atoms with E-state index < -0.39 is 0 Å². The Morgan fingerprint density at radius 2 is 1.85 bits per heavy atom. The highest BCUT2D eigenvalue weighted by atomic mass is 35.5. The number of hydrogen-bond acceptors (Lipinski definition) is 2. The van der Waals surface area contributed by atoms with E-state index >= 15 is 0 Å². The van der Waals surface area contributed by atoms with Gasteiger partial charge in [-0.3, -0.25) is 0 Å². The molecule has 1 N–H and O–H groups in total. The number of thiophene rings is 1. The van der Waals surface area contributed by atoms with E-state index in [4.69, 9.17) is 23.2 Å². The Balaban J connectivity index is 2.24. The predicted octanol–water partition coefficient (Wildman–Crippen LogP) is 5.51. The number of aryl methyl sites for hydroxylation is 1. The molecule has 4 heteroatoms. The van der Waals surface area contributed by atoms with Crippen LogP contribution < -0.4 is 5.32 Å². The molecule has 0 bridgehead atoms. The largest absolute Gasteiger partial charge is 0.310 e. The van der Waals surface area contributed by atoms with Crippen LogP contribution in [0.1, 0.15) is 35.2 Å². The molecule has 0 aliphatic heterocycles. The van der Waals surface area contributed by atoms with Crippen LogP contribution >= 0.6 is 34.5 Å². The van der Waals surface area contributed by atoms with Crippen LogP contribution in [0.3, 0.4) is 0 Å². The Hall–Kier alpha value is -0.540. The molecule has 1 nitrogen and oxygen atoms in total. The monoisotopic (exact) mass is 327 g/mol. The van der Waals surface area contributed by atoms with Crippen molar-refractivity contribution in [2.24, 2.45) is 0 Å². The summed E-state index contributed by atoms with van der Waals surface area (Å²) in [4.78, 5) is 2.80. The number of nitrogens with one attached hydrogen (secondary N) is 1. The Morgan fingerprint density at radius 1 is 1.10 bits per heavy atom. The minimum atomic E-state index is 0.203. The number of hydrogen-bond donors (Lipinski definition) is 1. The van der Waals surface area contributed by atoms with E-state index in [1.165, 1.54) is 9.75 Å². The fourth-order valence-electron chi connectivity index (χ4n) is 2.25. The van der Waals surface area contributed by atoms with Gasteiger partial charge in [-0.05, 0) is 36.7 Å². The molecular weight excluding hydrogens is 309 g/mol. The maximum atomic E-state index is 6.35. The van der Waals surface area contributed by atoms with E-state index in [9.17, 15) is 0 Å². The first-order valence-electron chi connectivity index (χ1n) is 6.90. The summed E-state index contributed by atoms with van der Waals surface area (Å²) in [6.45, 7) is 5.20. The molecule has 2 rings (SSSR count). The van der Waals surface area contributed by atoms with Gasteiger partial charge in [-0.2, -0.15) is 0 Å². The average molecular weight is 328 g/mol. The summed E-state index contributed by atoms with van der Waals surface area (Å²) in [6, 6.07) is 10.5. The van der Waals surface area contributed by atoms with Crippen LogP contribution in [0.4, 0.5) is 0 Å². The highest BCUT2D eigenvalue weighted by Gasteiger charge is 2.16. The highest BCUT2D eigenvalue weighted by Crippen LogP contribution is 2.32. The van der Waals surface area contributed by atoms with Crippen molar-refractivity contribution in [3.63, 3.8) is 0 Å². The van der Waals surface area contributed by atoms with Gasteiger partial charge in [0, 0.05) is 22.2 Å². The van der Waals surface area contributed by atoms with Crippen molar-refractivity contribution in [1.82, 2.24) is 5.32 Å². The molecule has 0 fully saturated rings. The lowest BCUT2D eigenvalue weighted by molar-refractivity contribution is 0.553. The molecule has 0 radical (unpaired) electrons. The lowest BCUT2D eigenvalue weighted by atomic mass is 10.0. The van der Waals surface area contributed by atoms with Crippen molar-refractivity contribution in [3.05, 3.63) is 55.7 Å². The van der Waals surface area contributed by atoms with E-state index in [0.717, 1.165) is 24.9 Å². The van der Waals surface area contributed by atoms with Crippen LogP contribution in [0.2, 0.25) is 10.0 Å². The molecule has 1 aromatic carbocycles. The lowest BCUT2D eigenvalue weighted by Gasteiger charge is -2.19. The van der Waals surface area contributed by atoms with Crippen LogP contribution in [-0.4, -0.2) is 6.54 Å². The molecule has 0 saturated heterocycles. The number of likely N-dealkylation sites (N-methyl/N-ethyl adjacent to an activating group) is 1. The maximum Gasteiger partial charge on any atom is 0.0640 e. The van der Waals surface area contributed by atoms with Gasteiger partial charge in [0.25, 0.3) is 0 Å². The van der Waals surface area contributed by atoms with Gasteiger partial charge in [-0.15, -0.1) is 11.3 Å². The van der Waals surface area contributed by atoms with Crippen LogP contribution in [0.25, 0.3) is 0 Å². The lowest BCUT2D eigenvalue weighted by Crippen LogP contribution is -2.23. The maximum absolute atomic E-state index is 6.35. The Morgan fingerprint density at radius 3 is 2.50 bits per heavy atom. The smallest absolute Gasteiger partial charge is 0.0640 e. The molecule has 0 saturated carbocycles. The van der Waals surface area contributed by atoms with Crippen molar-refractivity contribution in [2.75, 3.05) is 6.54 Å². The Labute approximate surface area is 134 Å². The zero-order chi connectivity index (χ0) is 14.5. The summed E-state index contributed by atoms with van der Waals surface area (Å²) in [5.74, 6) is 0. The minimum Gasteiger partial charge on any atom is -0.310 e. The van der Waals surface area contributed by atoms with E-state index in [0.29, 0.717) is 10.0 Å². The van der Waals surface area contributed by atoms with Gasteiger partial charge >= 0.3 is 0 Å². The summed E-state index contributed by atoms with van der Waals surface area (Å²) in [7, 11) is 0. The van der Waals surface area contributed by atoms with Crippen molar-refractivity contribution in [3.8, 4) is 0 Å². The first kappa shape index (κ1) is 15.8. The normalized spacial score (nSPS) is 12.6. The molecule has 0 aliphatic carbocycles. The third-order valence-corrected chi connectivity index (χ3v) is 5.36. The van der Waals surface area contributed by atoms with Gasteiger partial charge in [0.15, 0.2) is 0 Å². The molecular formula is C16H19Cl2NS. The van der Waals surface area contributed by atoms with Gasteiger partial charge < -0.3 is 5.32 Å². The second-order valence-corrected chi connectivity index (χ2v) is 6.72. The van der Waals surface area contributed by atoms with Gasteiger partial charge in [0.1, 0.15) is 0 Å². The van der Waals surface area contributed by atoms with Crippen molar-refractivity contribution in [1.29, 1.82) is 0 Å². The number of halogens is 2. The molecule has 1 atom stereocenters. The topological polar surface area (TPSA) is 12.0 Å². The van der Waals surface area contributed by atoms with Crippen molar-refractivity contribution >= 4 is 34.5 Å². The summed E-state index contributed by atoms with van der Waals surface area (Å²) in [5.41, 5.74) is 1.08. The zero-order valence-corrected chi connectivity index (χ0v) is 14.1. The predicted molar refractivity (Wildman–Crippen MR) is 90.3 cm³/mol. The molecule has 0 amide bonds. The average Bonchev–Trinajstić information content (AvgIpc) is 2.89. The first-order chi connectivity index (χ1) is 9.65. The van der Waals surface area contributed by atoms with E-state index in [-0.39, 0.29) is 6.04 Å². The van der Waals surface area contributed by atoms with E-state index in [1.54, 1.807) is 0 Å². The number of benzene rings is 1. The third-order valence-electron chi connectivity index (χ3n) is 3.28. The molecule has 1 unspecified atom stereocenters. The van der Waals surface area contributed by atoms with Crippen molar-refractivity contribution < 1.29 is 0 Å². The Bertz CT molecular complexity index is 565.